The Morgan fingerprint density at radius 3 is 1.82 bits per heavy atom. The van der Waals surface area contributed by atoms with Crippen molar-refractivity contribution >= 4 is 0 Å². The van der Waals surface area contributed by atoms with E-state index in [1.807, 2.05) is 13.8 Å². The van der Waals surface area contributed by atoms with Gasteiger partial charge in [0, 0.05) is 6.04 Å². The molecule has 1 rings (SSSR count). The highest BCUT2D eigenvalue weighted by molar-refractivity contribution is 4.70. The van der Waals surface area contributed by atoms with Gasteiger partial charge in [-0.15, -0.1) is 0 Å². The molecule has 1 aliphatic rings. The molecule has 2 N–H and O–H groups in total. The van der Waals surface area contributed by atoms with Gasteiger partial charge >= 0.3 is 0 Å². The third-order valence-electron chi connectivity index (χ3n) is 1.76. The number of likely N-dealkylation sites (tertiary alicyclic amines) is 1. The molecule has 2 nitrogen and oxygen atoms in total. The lowest BCUT2D eigenvalue weighted by molar-refractivity contribution is 0.256. The Bertz CT molecular complexity index is 56.0. The first-order valence-electron chi connectivity index (χ1n) is 4.23. The Balaban J connectivity index is 0. The Kier molecular flexibility index (Phi) is 9.85. The average Bonchev–Trinajstić information content (AvgIpc) is 2.00. The summed E-state index contributed by atoms with van der Waals surface area (Å²) >= 11 is 0. The molecule has 0 aromatic carbocycles. The molecule has 70 valence electrons. The molecular weight excluding hydrogens is 136 g/mol. The molecule has 0 radical (unpaired) electrons. The van der Waals surface area contributed by atoms with E-state index in [0.717, 1.165) is 0 Å². The van der Waals surface area contributed by atoms with Gasteiger partial charge in [0.15, 0.2) is 0 Å². The maximum absolute atomic E-state index is 5.67. The first-order valence-corrected chi connectivity index (χ1v) is 4.23. The molecule has 1 heterocycles. The summed E-state index contributed by atoms with van der Waals surface area (Å²) in [5, 5.41) is 0. The fourth-order valence-corrected chi connectivity index (χ4v) is 1.03. The zero-order chi connectivity index (χ0) is 7.98. The molecule has 11 heavy (non-hydrogen) atoms. The summed E-state index contributed by atoms with van der Waals surface area (Å²) in [6, 6.07) is 0.478. The Hall–Kier alpha value is -0.0800. The maximum Gasteiger partial charge on any atom is 0.00631 e. The van der Waals surface area contributed by atoms with Crippen LogP contribution in [0.15, 0.2) is 0 Å². The van der Waals surface area contributed by atoms with E-state index < -0.39 is 0 Å². The number of rotatable bonds is 0. The molecular formula is C9H24N2. The van der Waals surface area contributed by atoms with Crippen molar-refractivity contribution in [3.05, 3.63) is 0 Å². The van der Waals surface area contributed by atoms with Gasteiger partial charge in [-0.05, 0) is 33.0 Å². The SMILES string of the molecule is C.CC.CN1CCC(N)CC1. The van der Waals surface area contributed by atoms with Crippen molar-refractivity contribution in [2.75, 3.05) is 20.1 Å². The Labute approximate surface area is 71.8 Å². The molecule has 1 aliphatic heterocycles. The Morgan fingerprint density at radius 2 is 1.55 bits per heavy atom. The lowest BCUT2D eigenvalue weighted by Gasteiger charge is -2.25. The van der Waals surface area contributed by atoms with E-state index in [1.54, 1.807) is 0 Å². The van der Waals surface area contributed by atoms with Crippen molar-refractivity contribution in [3.8, 4) is 0 Å². The summed E-state index contributed by atoms with van der Waals surface area (Å²) in [5.74, 6) is 0. The van der Waals surface area contributed by atoms with Crippen LogP contribution in [-0.4, -0.2) is 31.1 Å². The molecule has 0 amide bonds. The van der Waals surface area contributed by atoms with E-state index in [4.69, 9.17) is 5.73 Å². The van der Waals surface area contributed by atoms with Crippen molar-refractivity contribution in [2.45, 2.75) is 40.2 Å². The van der Waals surface area contributed by atoms with Crippen LogP contribution in [0.3, 0.4) is 0 Å². The quantitative estimate of drug-likeness (QED) is 0.584. The van der Waals surface area contributed by atoms with E-state index in [0.29, 0.717) is 6.04 Å². The van der Waals surface area contributed by atoms with Crippen molar-refractivity contribution < 1.29 is 0 Å². The largest absolute Gasteiger partial charge is 0.328 e. The van der Waals surface area contributed by atoms with Crippen LogP contribution >= 0.6 is 0 Å². The molecule has 2 heteroatoms. The van der Waals surface area contributed by atoms with Crippen LogP contribution in [0.1, 0.15) is 34.1 Å². The first kappa shape index (κ1) is 13.5. The molecule has 0 unspecified atom stereocenters. The summed E-state index contributed by atoms with van der Waals surface area (Å²) in [6.45, 7) is 6.36. The molecule has 0 saturated carbocycles. The van der Waals surface area contributed by atoms with E-state index in [2.05, 4.69) is 11.9 Å². The summed E-state index contributed by atoms with van der Waals surface area (Å²) in [5.41, 5.74) is 5.67. The van der Waals surface area contributed by atoms with Gasteiger partial charge in [0.05, 0.1) is 0 Å². The maximum atomic E-state index is 5.67. The van der Waals surface area contributed by atoms with E-state index in [-0.39, 0.29) is 7.43 Å². The van der Waals surface area contributed by atoms with Gasteiger partial charge in [0.1, 0.15) is 0 Å². The molecule has 1 fully saturated rings. The second-order valence-electron chi connectivity index (χ2n) is 2.64. The van der Waals surface area contributed by atoms with Crippen LogP contribution in [0.2, 0.25) is 0 Å². The van der Waals surface area contributed by atoms with Gasteiger partial charge in [0.25, 0.3) is 0 Å². The minimum Gasteiger partial charge on any atom is -0.328 e. The highest BCUT2D eigenvalue weighted by Gasteiger charge is 2.10. The van der Waals surface area contributed by atoms with Gasteiger partial charge < -0.3 is 10.6 Å². The van der Waals surface area contributed by atoms with Crippen LogP contribution in [0.5, 0.6) is 0 Å². The predicted octanol–water partition coefficient (Wildman–Crippen LogP) is 1.70. The van der Waals surface area contributed by atoms with Crippen molar-refractivity contribution in [2.24, 2.45) is 5.73 Å². The van der Waals surface area contributed by atoms with E-state index in [9.17, 15) is 0 Å². The third-order valence-corrected chi connectivity index (χ3v) is 1.76. The summed E-state index contributed by atoms with van der Waals surface area (Å²) in [7, 11) is 2.14. The van der Waals surface area contributed by atoms with Crippen LogP contribution in [-0.2, 0) is 0 Å². The van der Waals surface area contributed by atoms with Crippen molar-refractivity contribution in [3.63, 3.8) is 0 Å². The van der Waals surface area contributed by atoms with Crippen LogP contribution in [0.4, 0.5) is 0 Å². The fourth-order valence-electron chi connectivity index (χ4n) is 1.03. The van der Waals surface area contributed by atoms with Gasteiger partial charge in [-0.2, -0.15) is 0 Å². The third kappa shape index (κ3) is 6.32. The topological polar surface area (TPSA) is 29.3 Å². The van der Waals surface area contributed by atoms with Crippen LogP contribution < -0.4 is 5.73 Å². The minimum atomic E-state index is 0. The summed E-state index contributed by atoms with van der Waals surface area (Å²) in [6.07, 6.45) is 2.35. The van der Waals surface area contributed by atoms with Crippen LogP contribution in [0.25, 0.3) is 0 Å². The second-order valence-corrected chi connectivity index (χ2v) is 2.64. The highest BCUT2D eigenvalue weighted by atomic mass is 15.1. The first-order chi connectivity index (χ1) is 4.79. The average molecular weight is 160 g/mol. The lowest BCUT2D eigenvalue weighted by Crippen LogP contribution is -2.37. The summed E-state index contributed by atoms with van der Waals surface area (Å²) in [4.78, 5) is 2.32. The van der Waals surface area contributed by atoms with Crippen molar-refractivity contribution in [1.29, 1.82) is 0 Å². The summed E-state index contributed by atoms with van der Waals surface area (Å²) < 4.78 is 0. The zero-order valence-corrected chi connectivity index (χ0v) is 7.43. The van der Waals surface area contributed by atoms with Gasteiger partial charge in [0.2, 0.25) is 0 Å². The monoisotopic (exact) mass is 160 g/mol. The van der Waals surface area contributed by atoms with Gasteiger partial charge in [-0.3, -0.25) is 0 Å². The highest BCUT2D eigenvalue weighted by Crippen LogP contribution is 2.04. The number of nitrogens with zero attached hydrogens (tertiary/aromatic N) is 1. The number of hydrogen-bond donors (Lipinski definition) is 1. The molecule has 0 atom stereocenters. The second kappa shape index (κ2) is 8.02. The van der Waals surface area contributed by atoms with E-state index >= 15 is 0 Å². The standard InChI is InChI=1S/C6H14N2.C2H6.CH4/c1-8-4-2-6(7)3-5-8;1-2;/h6H,2-5,7H2,1H3;1-2H3;1H4. The molecule has 0 aromatic heterocycles. The smallest absolute Gasteiger partial charge is 0.00631 e. The van der Waals surface area contributed by atoms with E-state index in [1.165, 1.54) is 25.9 Å². The molecule has 0 aromatic rings. The Morgan fingerprint density at radius 1 is 1.18 bits per heavy atom. The number of piperidine rings is 1. The lowest BCUT2D eigenvalue weighted by atomic mass is 10.1. The molecule has 0 bridgehead atoms. The number of nitrogens with two attached hydrogens (primary N) is 1. The number of hydrogen-bond acceptors (Lipinski definition) is 2. The van der Waals surface area contributed by atoms with Gasteiger partial charge in [-0.25, -0.2) is 0 Å². The normalized spacial score (nSPS) is 19.6. The zero-order valence-electron chi connectivity index (χ0n) is 7.43. The fraction of sp³-hybridized carbons (Fsp3) is 1.00. The van der Waals surface area contributed by atoms with Crippen molar-refractivity contribution in [1.82, 2.24) is 4.90 Å². The minimum absolute atomic E-state index is 0. The molecule has 0 spiro atoms. The van der Waals surface area contributed by atoms with Gasteiger partial charge in [-0.1, -0.05) is 21.3 Å². The van der Waals surface area contributed by atoms with Crippen LogP contribution in [0, 0.1) is 0 Å². The predicted molar refractivity (Wildman–Crippen MR) is 52.8 cm³/mol. The molecule has 0 aliphatic carbocycles. The molecule has 1 saturated heterocycles.